The summed E-state index contributed by atoms with van der Waals surface area (Å²) in [4.78, 5) is 9.62. The molecule has 1 N–H and O–H groups in total. The molecule has 0 unspecified atom stereocenters. The van der Waals surface area contributed by atoms with Gasteiger partial charge >= 0.3 is 0 Å². The maximum absolute atomic E-state index is 10.1. The van der Waals surface area contributed by atoms with Crippen molar-refractivity contribution in [1.82, 2.24) is 9.97 Å². The number of rotatable bonds is 3. The molecule has 0 aliphatic carbocycles. The number of phenols is 1. The quantitative estimate of drug-likeness (QED) is 0.507. The second-order valence-corrected chi connectivity index (χ2v) is 6.65. The van der Waals surface area contributed by atoms with Crippen LogP contribution in [0.3, 0.4) is 0 Å². The number of benzene rings is 3. The molecule has 1 aromatic heterocycles. The Morgan fingerprint density at radius 3 is 1.63 bits per heavy atom. The van der Waals surface area contributed by atoms with Crippen molar-refractivity contribution in [1.29, 1.82) is 0 Å². The zero-order valence-corrected chi connectivity index (χ0v) is 15.3. The van der Waals surface area contributed by atoms with Gasteiger partial charge in [0.05, 0.1) is 11.4 Å². The summed E-state index contributed by atoms with van der Waals surface area (Å²) in [6.45, 7) is 3.81. The topological polar surface area (TPSA) is 46.0 Å². The molecule has 132 valence electrons. The van der Waals surface area contributed by atoms with Gasteiger partial charge in [-0.05, 0) is 43.2 Å². The van der Waals surface area contributed by atoms with Crippen molar-refractivity contribution < 1.29 is 5.11 Å². The van der Waals surface area contributed by atoms with Crippen LogP contribution in [0.25, 0.3) is 33.9 Å². The van der Waals surface area contributed by atoms with Crippen LogP contribution in [-0.4, -0.2) is 15.1 Å². The van der Waals surface area contributed by atoms with Crippen LogP contribution >= 0.6 is 0 Å². The Balaban J connectivity index is 1.94. The second kappa shape index (κ2) is 7.04. The van der Waals surface area contributed by atoms with Crippen molar-refractivity contribution in [2.75, 3.05) is 0 Å². The summed E-state index contributed by atoms with van der Waals surface area (Å²) in [5.41, 5.74) is 6.39. The number of phenolic OH excluding ortho intramolecular Hbond substituents is 1. The minimum absolute atomic E-state index is 0.333. The summed E-state index contributed by atoms with van der Waals surface area (Å²) in [5.74, 6) is 1.02. The molecule has 4 aromatic rings. The number of aryl methyl sites for hydroxylation is 2. The lowest BCUT2D eigenvalue weighted by Gasteiger charge is -2.11. The summed E-state index contributed by atoms with van der Waals surface area (Å²) in [6, 6.07) is 26.0. The molecule has 3 aromatic carbocycles. The van der Waals surface area contributed by atoms with Gasteiger partial charge in [-0.15, -0.1) is 0 Å². The molecule has 4 rings (SSSR count). The zero-order valence-electron chi connectivity index (χ0n) is 15.3. The van der Waals surface area contributed by atoms with E-state index in [1.165, 1.54) is 0 Å². The van der Waals surface area contributed by atoms with Crippen LogP contribution in [0.4, 0.5) is 0 Å². The molecular weight excluding hydrogens is 332 g/mol. The molecule has 3 nitrogen and oxygen atoms in total. The molecule has 27 heavy (non-hydrogen) atoms. The van der Waals surface area contributed by atoms with Crippen LogP contribution in [0.5, 0.6) is 5.75 Å². The monoisotopic (exact) mass is 352 g/mol. The zero-order chi connectivity index (χ0) is 18.8. The SMILES string of the molecule is Cc1cc(-c2cc(-c3ccccc3)nc(-c3ccccc3)n2)cc(C)c1O. The number of hydrogen-bond acceptors (Lipinski definition) is 3. The third-order valence-electron chi connectivity index (χ3n) is 4.61. The summed E-state index contributed by atoms with van der Waals surface area (Å²) in [5, 5.41) is 10.1. The van der Waals surface area contributed by atoms with Gasteiger partial charge in [0.1, 0.15) is 5.75 Å². The highest BCUT2D eigenvalue weighted by molar-refractivity contribution is 5.73. The molecule has 0 saturated heterocycles. The van der Waals surface area contributed by atoms with Crippen LogP contribution in [0.2, 0.25) is 0 Å². The molecule has 0 aliphatic rings. The van der Waals surface area contributed by atoms with E-state index in [9.17, 15) is 5.11 Å². The molecule has 0 bridgehead atoms. The summed E-state index contributed by atoms with van der Waals surface area (Å²) >= 11 is 0. The van der Waals surface area contributed by atoms with E-state index in [1.54, 1.807) is 0 Å². The van der Waals surface area contributed by atoms with Crippen molar-refractivity contribution in [2.24, 2.45) is 0 Å². The molecule has 0 radical (unpaired) electrons. The predicted octanol–water partition coefficient (Wildman–Crippen LogP) is 5.80. The maximum atomic E-state index is 10.1. The first kappa shape index (κ1) is 17.0. The van der Waals surface area contributed by atoms with Gasteiger partial charge in [-0.1, -0.05) is 60.7 Å². The lowest BCUT2D eigenvalue weighted by molar-refractivity contribution is 0.467. The Morgan fingerprint density at radius 1 is 0.593 bits per heavy atom. The molecule has 0 spiro atoms. The van der Waals surface area contributed by atoms with Crippen molar-refractivity contribution in [3.05, 3.63) is 90.0 Å². The lowest BCUT2D eigenvalue weighted by Crippen LogP contribution is -1.96. The van der Waals surface area contributed by atoms with Crippen LogP contribution < -0.4 is 0 Å². The fourth-order valence-electron chi connectivity index (χ4n) is 3.17. The van der Waals surface area contributed by atoms with E-state index in [0.29, 0.717) is 11.6 Å². The molecule has 0 fully saturated rings. The van der Waals surface area contributed by atoms with E-state index >= 15 is 0 Å². The molecule has 0 atom stereocenters. The lowest BCUT2D eigenvalue weighted by atomic mass is 10.0. The normalized spacial score (nSPS) is 10.7. The first-order valence-corrected chi connectivity index (χ1v) is 8.92. The molecular formula is C24H20N2O. The Kier molecular flexibility index (Phi) is 4.43. The van der Waals surface area contributed by atoms with E-state index in [0.717, 1.165) is 39.2 Å². The number of aromatic nitrogens is 2. The molecule has 3 heteroatoms. The molecule has 1 heterocycles. The minimum atomic E-state index is 0.333. The van der Waals surface area contributed by atoms with Gasteiger partial charge in [-0.3, -0.25) is 0 Å². The van der Waals surface area contributed by atoms with Gasteiger partial charge in [0, 0.05) is 16.7 Å². The first-order valence-electron chi connectivity index (χ1n) is 8.92. The van der Waals surface area contributed by atoms with E-state index < -0.39 is 0 Å². The highest BCUT2D eigenvalue weighted by Gasteiger charge is 2.12. The van der Waals surface area contributed by atoms with E-state index in [4.69, 9.17) is 9.97 Å². The van der Waals surface area contributed by atoms with Crippen molar-refractivity contribution in [2.45, 2.75) is 13.8 Å². The number of hydrogen-bond donors (Lipinski definition) is 1. The summed E-state index contributed by atoms with van der Waals surface area (Å²) in [7, 11) is 0. The average Bonchev–Trinajstić information content (AvgIpc) is 2.72. The molecule has 0 amide bonds. The van der Waals surface area contributed by atoms with Gasteiger partial charge in [0.2, 0.25) is 0 Å². The Morgan fingerprint density at radius 2 is 1.07 bits per heavy atom. The fourth-order valence-corrected chi connectivity index (χ4v) is 3.17. The fraction of sp³-hybridized carbons (Fsp3) is 0.0833. The summed E-state index contributed by atoms with van der Waals surface area (Å²) in [6.07, 6.45) is 0. The Hall–Kier alpha value is -3.46. The maximum Gasteiger partial charge on any atom is 0.160 e. The third-order valence-corrected chi connectivity index (χ3v) is 4.61. The van der Waals surface area contributed by atoms with Crippen LogP contribution in [0, 0.1) is 13.8 Å². The molecule has 0 saturated carbocycles. The highest BCUT2D eigenvalue weighted by atomic mass is 16.3. The van der Waals surface area contributed by atoms with E-state index in [-0.39, 0.29) is 0 Å². The minimum Gasteiger partial charge on any atom is -0.507 e. The average molecular weight is 352 g/mol. The third kappa shape index (κ3) is 3.44. The van der Waals surface area contributed by atoms with Gasteiger partial charge in [0.25, 0.3) is 0 Å². The van der Waals surface area contributed by atoms with Gasteiger partial charge < -0.3 is 5.11 Å². The summed E-state index contributed by atoms with van der Waals surface area (Å²) < 4.78 is 0. The predicted molar refractivity (Wildman–Crippen MR) is 109 cm³/mol. The van der Waals surface area contributed by atoms with Crippen LogP contribution in [-0.2, 0) is 0 Å². The van der Waals surface area contributed by atoms with E-state index in [1.807, 2.05) is 92.7 Å². The Bertz CT molecular complexity index is 1010. The Labute approximate surface area is 159 Å². The van der Waals surface area contributed by atoms with Crippen molar-refractivity contribution in [3.8, 4) is 39.7 Å². The van der Waals surface area contributed by atoms with E-state index in [2.05, 4.69) is 0 Å². The van der Waals surface area contributed by atoms with Crippen LogP contribution in [0.1, 0.15) is 11.1 Å². The standard InChI is InChI=1S/C24H20N2O/c1-16-13-20(14-17(2)23(16)27)22-15-21(18-9-5-3-6-10-18)25-24(26-22)19-11-7-4-8-12-19/h3-15,27H,1-2H3. The van der Waals surface area contributed by atoms with Gasteiger partial charge in [-0.2, -0.15) is 0 Å². The van der Waals surface area contributed by atoms with Crippen molar-refractivity contribution in [3.63, 3.8) is 0 Å². The van der Waals surface area contributed by atoms with Gasteiger partial charge in [-0.25, -0.2) is 9.97 Å². The highest BCUT2D eigenvalue weighted by Crippen LogP contribution is 2.31. The smallest absolute Gasteiger partial charge is 0.160 e. The molecule has 0 aliphatic heterocycles. The number of aromatic hydroxyl groups is 1. The van der Waals surface area contributed by atoms with Crippen molar-refractivity contribution >= 4 is 0 Å². The van der Waals surface area contributed by atoms with Gasteiger partial charge in [0.15, 0.2) is 5.82 Å². The number of nitrogens with zero attached hydrogens (tertiary/aromatic N) is 2. The largest absolute Gasteiger partial charge is 0.507 e. The second-order valence-electron chi connectivity index (χ2n) is 6.65. The van der Waals surface area contributed by atoms with Crippen LogP contribution in [0.15, 0.2) is 78.9 Å². The first-order chi connectivity index (χ1) is 13.1.